The molecule has 116 valence electrons. The number of aromatic nitrogens is 1. The molecule has 0 radical (unpaired) electrons. The molecule has 0 saturated heterocycles. The second-order valence-electron chi connectivity index (χ2n) is 4.17. The van der Waals surface area contributed by atoms with Gasteiger partial charge in [-0.15, -0.1) is 0 Å². The van der Waals surface area contributed by atoms with Crippen molar-refractivity contribution in [2.24, 2.45) is 18.5 Å². The molecule has 0 aliphatic rings. The fraction of sp³-hybridized carbons (Fsp3) is 0.300. The van der Waals surface area contributed by atoms with E-state index in [1.54, 1.807) is 0 Å². The number of nitrogens with two attached hydrogens (primary N) is 2. The SMILES string of the molecule is Cn1cc(S(=O)(=O)N(CC(N)=O)CC(=O)O)cc1C(N)=O. The van der Waals surface area contributed by atoms with E-state index in [0.717, 1.165) is 12.3 Å². The molecule has 0 spiro atoms. The number of nitrogens with zero attached hydrogens (tertiary/aromatic N) is 2. The van der Waals surface area contributed by atoms with Gasteiger partial charge in [-0.2, -0.15) is 4.31 Å². The van der Waals surface area contributed by atoms with Crippen LogP contribution in [0.2, 0.25) is 0 Å². The van der Waals surface area contributed by atoms with Crippen molar-refractivity contribution in [3.63, 3.8) is 0 Å². The maximum atomic E-state index is 12.3. The molecule has 10 nitrogen and oxygen atoms in total. The molecule has 2 amide bonds. The van der Waals surface area contributed by atoms with E-state index >= 15 is 0 Å². The number of aliphatic carboxylic acids is 1. The predicted molar refractivity (Wildman–Crippen MR) is 69.5 cm³/mol. The second kappa shape index (κ2) is 5.93. The van der Waals surface area contributed by atoms with Crippen molar-refractivity contribution < 1.29 is 27.9 Å². The van der Waals surface area contributed by atoms with E-state index in [9.17, 15) is 22.8 Å². The lowest BCUT2D eigenvalue weighted by molar-refractivity contribution is -0.137. The van der Waals surface area contributed by atoms with Crippen molar-refractivity contribution in [1.29, 1.82) is 0 Å². The minimum Gasteiger partial charge on any atom is -0.480 e. The summed E-state index contributed by atoms with van der Waals surface area (Å²) in [5.74, 6) is -3.31. The Morgan fingerprint density at radius 3 is 2.24 bits per heavy atom. The Bertz CT molecular complexity index is 676. The molecule has 0 aliphatic heterocycles. The molecule has 0 aromatic carbocycles. The van der Waals surface area contributed by atoms with Crippen LogP contribution in [0.25, 0.3) is 0 Å². The highest BCUT2D eigenvalue weighted by Gasteiger charge is 2.30. The summed E-state index contributed by atoms with van der Waals surface area (Å²) in [5, 5.41) is 8.72. The molecular weight excluding hydrogens is 304 g/mol. The highest BCUT2D eigenvalue weighted by molar-refractivity contribution is 7.89. The molecular formula is C10H14N4O6S. The number of sulfonamides is 1. The van der Waals surface area contributed by atoms with Crippen LogP contribution in [-0.4, -0.2) is 53.3 Å². The number of carbonyl (C=O) groups excluding carboxylic acids is 2. The minimum atomic E-state index is -4.30. The van der Waals surface area contributed by atoms with Gasteiger partial charge < -0.3 is 21.1 Å². The molecule has 0 saturated carbocycles. The van der Waals surface area contributed by atoms with E-state index in [1.165, 1.54) is 11.6 Å². The summed E-state index contributed by atoms with van der Waals surface area (Å²) in [6, 6.07) is 0.994. The fourth-order valence-electron chi connectivity index (χ4n) is 1.62. The highest BCUT2D eigenvalue weighted by Crippen LogP contribution is 2.18. The van der Waals surface area contributed by atoms with E-state index in [0.29, 0.717) is 4.31 Å². The maximum Gasteiger partial charge on any atom is 0.318 e. The molecule has 0 unspecified atom stereocenters. The Labute approximate surface area is 120 Å². The summed E-state index contributed by atoms with van der Waals surface area (Å²) in [5.41, 5.74) is 9.90. The molecule has 1 rings (SSSR count). The van der Waals surface area contributed by atoms with Crippen LogP contribution in [0.1, 0.15) is 10.5 Å². The smallest absolute Gasteiger partial charge is 0.318 e. The van der Waals surface area contributed by atoms with Gasteiger partial charge in [0.2, 0.25) is 15.9 Å². The minimum absolute atomic E-state index is 0.0806. The molecule has 0 atom stereocenters. The van der Waals surface area contributed by atoms with Crippen molar-refractivity contribution in [2.75, 3.05) is 13.1 Å². The first kappa shape index (κ1) is 16.7. The van der Waals surface area contributed by atoms with Crippen LogP contribution in [0.4, 0.5) is 0 Å². The number of hydrogen-bond donors (Lipinski definition) is 3. The number of carboxylic acids is 1. The topological polar surface area (TPSA) is 166 Å². The molecule has 1 aromatic rings. The summed E-state index contributed by atoms with van der Waals surface area (Å²) >= 11 is 0. The van der Waals surface area contributed by atoms with Gasteiger partial charge in [-0.3, -0.25) is 14.4 Å². The standard InChI is InChI=1S/C10H14N4O6S/c1-13-3-6(2-7(13)10(12)18)21(19,20)14(4-8(11)15)5-9(16)17/h2-3H,4-5H2,1H3,(H2,11,15)(H2,12,18)(H,16,17). The Balaban J connectivity index is 3.28. The third-order valence-electron chi connectivity index (χ3n) is 2.51. The van der Waals surface area contributed by atoms with Crippen molar-refractivity contribution in [3.8, 4) is 0 Å². The van der Waals surface area contributed by atoms with Gasteiger partial charge in [-0.1, -0.05) is 0 Å². The number of aryl methyl sites for hydroxylation is 1. The Morgan fingerprint density at radius 1 is 1.29 bits per heavy atom. The van der Waals surface area contributed by atoms with Crippen molar-refractivity contribution in [1.82, 2.24) is 8.87 Å². The lowest BCUT2D eigenvalue weighted by Crippen LogP contribution is -2.41. The molecule has 1 heterocycles. The molecule has 21 heavy (non-hydrogen) atoms. The molecule has 1 aromatic heterocycles. The Hall–Kier alpha value is -2.40. The largest absolute Gasteiger partial charge is 0.480 e. The normalized spacial score (nSPS) is 11.5. The summed E-state index contributed by atoms with van der Waals surface area (Å²) in [7, 11) is -2.91. The number of hydrogen-bond acceptors (Lipinski definition) is 5. The summed E-state index contributed by atoms with van der Waals surface area (Å²) in [6.07, 6.45) is 1.09. The number of amides is 2. The number of carboxylic acid groups (broad SMARTS) is 1. The van der Waals surface area contributed by atoms with E-state index in [4.69, 9.17) is 16.6 Å². The van der Waals surface area contributed by atoms with Gasteiger partial charge in [0.05, 0.1) is 6.54 Å². The average Bonchev–Trinajstić information content (AvgIpc) is 2.70. The zero-order valence-corrected chi connectivity index (χ0v) is 11.8. The molecule has 0 fully saturated rings. The second-order valence-corrected chi connectivity index (χ2v) is 6.11. The van der Waals surface area contributed by atoms with Gasteiger partial charge in [0.1, 0.15) is 17.1 Å². The molecule has 5 N–H and O–H groups in total. The summed E-state index contributed by atoms with van der Waals surface area (Å²) in [4.78, 5) is 32.4. The molecule has 11 heteroatoms. The van der Waals surface area contributed by atoms with Gasteiger partial charge in [0.15, 0.2) is 0 Å². The van der Waals surface area contributed by atoms with Crippen molar-refractivity contribution in [3.05, 3.63) is 18.0 Å². The predicted octanol–water partition coefficient (Wildman–Crippen LogP) is -2.32. The van der Waals surface area contributed by atoms with E-state index in [2.05, 4.69) is 0 Å². The third kappa shape index (κ3) is 3.79. The van der Waals surface area contributed by atoms with Gasteiger partial charge >= 0.3 is 5.97 Å². The third-order valence-corrected chi connectivity index (χ3v) is 4.27. The first-order valence-electron chi connectivity index (χ1n) is 5.52. The van der Waals surface area contributed by atoms with Gasteiger partial charge in [0.25, 0.3) is 5.91 Å². The first-order valence-corrected chi connectivity index (χ1v) is 6.96. The van der Waals surface area contributed by atoms with Crippen molar-refractivity contribution >= 4 is 27.8 Å². The monoisotopic (exact) mass is 318 g/mol. The van der Waals surface area contributed by atoms with Gasteiger partial charge in [-0.25, -0.2) is 8.42 Å². The summed E-state index contributed by atoms with van der Waals surface area (Å²) < 4.78 is 26.1. The zero-order chi connectivity index (χ0) is 16.4. The quantitative estimate of drug-likeness (QED) is 0.510. The Morgan fingerprint density at radius 2 is 1.86 bits per heavy atom. The first-order chi connectivity index (χ1) is 9.55. The van der Waals surface area contributed by atoms with Crippen LogP contribution in [-0.2, 0) is 26.7 Å². The van der Waals surface area contributed by atoms with Crippen LogP contribution >= 0.6 is 0 Å². The van der Waals surface area contributed by atoms with Gasteiger partial charge in [-0.05, 0) is 6.07 Å². The summed E-state index contributed by atoms with van der Waals surface area (Å²) in [6.45, 7) is -1.73. The number of carbonyl (C=O) groups is 3. The maximum absolute atomic E-state index is 12.3. The van der Waals surface area contributed by atoms with Crippen LogP contribution < -0.4 is 11.5 Å². The van der Waals surface area contributed by atoms with Gasteiger partial charge in [0, 0.05) is 13.2 Å². The fourth-order valence-corrected chi connectivity index (χ4v) is 3.05. The highest BCUT2D eigenvalue weighted by atomic mass is 32.2. The van der Waals surface area contributed by atoms with E-state index in [1.807, 2.05) is 0 Å². The van der Waals surface area contributed by atoms with E-state index in [-0.39, 0.29) is 10.6 Å². The molecule has 0 aliphatic carbocycles. The zero-order valence-electron chi connectivity index (χ0n) is 11.0. The number of rotatable bonds is 7. The van der Waals surface area contributed by atoms with Crippen LogP contribution in [0.15, 0.2) is 17.2 Å². The van der Waals surface area contributed by atoms with Crippen molar-refractivity contribution in [2.45, 2.75) is 4.90 Å². The lowest BCUT2D eigenvalue weighted by Gasteiger charge is -2.17. The number of primary amides is 2. The lowest BCUT2D eigenvalue weighted by atomic mass is 10.4. The van der Waals surface area contributed by atoms with Crippen LogP contribution in [0.5, 0.6) is 0 Å². The van der Waals surface area contributed by atoms with E-state index < -0.39 is 40.9 Å². The Kier molecular flexibility index (Phi) is 4.70. The van der Waals surface area contributed by atoms with Crippen LogP contribution in [0.3, 0.4) is 0 Å². The molecule has 0 bridgehead atoms. The van der Waals surface area contributed by atoms with Crippen LogP contribution in [0, 0.1) is 0 Å². The average molecular weight is 318 g/mol.